The van der Waals surface area contributed by atoms with Gasteiger partial charge in [-0.1, -0.05) is 36.4 Å². The van der Waals surface area contributed by atoms with E-state index < -0.39 is 6.10 Å². The summed E-state index contributed by atoms with van der Waals surface area (Å²) in [5, 5.41) is 3.09. The van der Waals surface area contributed by atoms with E-state index in [9.17, 15) is 4.79 Å². The second-order valence-electron chi connectivity index (χ2n) is 7.12. The van der Waals surface area contributed by atoms with Crippen LogP contribution in [-0.2, 0) is 11.2 Å². The Kier molecular flexibility index (Phi) is 5.66. The molecule has 0 unspecified atom stereocenters. The van der Waals surface area contributed by atoms with Crippen molar-refractivity contribution in [3.05, 3.63) is 65.2 Å². The third kappa shape index (κ3) is 5.41. The number of amides is 1. The molecule has 0 aromatic heterocycles. The Balaban J connectivity index is 1.97. The molecule has 128 valence electrons. The molecule has 3 nitrogen and oxygen atoms in total. The van der Waals surface area contributed by atoms with E-state index in [0.29, 0.717) is 0 Å². The molecule has 0 aliphatic carbocycles. The summed E-state index contributed by atoms with van der Waals surface area (Å²) in [6.07, 6.45) is 0.233. The summed E-state index contributed by atoms with van der Waals surface area (Å²) in [6.45, 7) is 9.88. The van der Waals surface area contributed by atoms with Gasteiger partial charge in [-0.05, 0) is 69.9 Å². The fraction of sp³-hybridized carbons (Fsp3) is 0.381. The van der Waals surface area contributed by atoms with Crippen molar-refractivity contribution in [2.75, 3.05) is 0 Å². The smallest absolute Gasteiger partial charge is 0.261 e. The third-order valence-electron chi connectivity index (χ3n) is 3.83. The van der Waals surface area contributed by atoms with Crippen molar-refractivity contribution in [2.45, 2.75) is 52.7 Å². The summed E-state index contributed by atoms with van der Waals surface area (Å²) in [6, 6.07) is 16.2. The minimum Gasteiger partial charge on any atom is -0.481 e. The fourth-order valence-electron chi connectivity index (χ4n) is 2.84. The van der Waals surface area contributed by atoms with Gasteiger partial charge in [0, 0.05) is 5.54 Å². The van der Waals surface area contributed by atoms with Gasteiger partial charge < -0.3 is 10.1 Å². The maximum Gasteiger partial charge on any atom is 0.261 e. The van der Waals surface area contributed by atoms with E-state index in [1.54, 1.807) is 6.92 Å². The summed E-state index contributed by atoms with van der Waals surface area (Å²) in [4.78, 5) is 12.5. The minimum atomic E-state index is -0.541. The molecule has 0 bridgehead atoms. The Morgan fingerprint density at radius 3 is 2.25 bits per heavy atom. The standard InChI is InChI=1S/C21H27NO2/c1-15-11-16(2)13-19(12-15)24-17(3)20(23)22-21(4,5)14-18-9-7-6-8-10-18/h6-13,17H,14H2,1-5H3,(H,22,23)/t17-/m1/s1. The van der Waals surface area contributed by atoms with Gasteiger partial charge in [-0.2, -0.15) is 0 Å². The Bertz CT molecular complexity index is 672. The first-order chi connectivity index (χ1) is 11.2. The van der Waals surface area contributed by atoms with Crippen molar-refractivity contribution >= 4 is 5.91 Å². The molecule has 24 heavy (non-hydrogen) atoms. The number of ether oxygens (including phenoxy) is 1. The van der Waals surface area contributed by atoms with E-state index in [0.717, 1.165) is 23.3 Å². The average Bonchev–Trinajstić information content (AvgIpc) is 2.46. The number of hydrogen-bond donors (Lipinski definition) is 1. The SMILES string of the molecule is Cc1cc(C)cc(O[C@H](C)C(=O)NC(C)(C)Cc2ccccc2)c1. The van der Waals surface area contributed by atoms with Crippen molar-refractivity contribution in [1.82, 2.24) is 5.32 Å². The molecule has 0 heterocycles. The zero-order chi connectivity index (χ0) is 17.7. The first-order valence-electron chi connectivity index (χ1n) is 8.36. The highest BCUT2D eigenvalue weighted by Crippen LogP contribution is 2.18. The van der Waals surface area contributed by atoms with Crippen LogP contribution in [0.2, 0.25) is 0 Å². The molecule has 0 aliphatic heterocycles. The van der Waals surface area contributed by atoms with Crippen LogP contribution in [0.4, 0.5) is 0 Å². The molecule has 0 spiro atoms. The lowest BCUT2D eigenvalue weighted by Crippen LogP contribution is -2.49. The molecule has 1 atom stereocenters. The molecule has 2 rings (SSSR count). The van der Waals surface area contributed by atoms with Crippen LogP contribution in [0.5, 0.6) is 5.75 Å². The van der Waals surface area contributed by atoms with E-state index in [1.165, 1.54) is 5.56 Å². The topological polar surface area (TPSA) is 38.3 Å². The summed E-state index contributed by atoms with van der Waals surface area (Å²) in [5.41, 5.74) is 3.12. The van der Waals surface area contributed by atoms with Gasteiger partial charge in [0.25, 0.3) is 5.91 Å². The van der Waals surface area contributed by atoms with E-state index in [1.807, 2.05) is 58.0 Å². The molecule has 1 N–H and O–H groups in total. The predicted octanol–water partition coefficient (Wildman–Crippen LogP) is 4.21. The lowest BCUT2D eigenvalue weighted by atomic mass is 9.94. The van der Waals surface area contributed by atoms with Gasteiger partial charge in [0.15, 0.2) is 6.10 Å². The van der Waals surface area contributed by atoms with Gasteiger partial charge in [0.05, 0.1) is 0 Å². The largest absolute Gasteiger partial charge is 0.481 e. The molecule has 0 saturated carbocycles. The molecule has 0 aliphatic rings. The summed E-state index contributed by atoms with van der Waals surface area (Å²) >= 11 is 0. The van der Waals surface area contributed by atoms with Gasteiger partial charge in [0.2, 0.25) is 0 Å². The van der Waals surface area contributed by atoms with Crippen LogP contribution in [-0.4, -0.2) is 17.6 Å². The number of rotatable bonds is 6. The normalized spacial score (nSPS) is 12.5. The maximum atomic E-state index is 12.5. The second-order valence-corrected chi connectivity index (χ2v) is 7.12. The van der Waals surface area contributed by atoms with Crippen LogP contribution >= 0.6 is 0 Å². The van der Waals surface area contributed by atoms with Crippen LogP contribution in [0, 0.1) is 13.8 Å². The quantitative estimate of drug-likeness (QED) is 0.864. The minimum absolute atomic E-state index is 0.102. The van der Waals surface area contributed by atoms with Crippen LogP contribution in [0.25, 0.3) is 0 Å². The van der Waals surface area contributed by atoms with Gasteiger partial charge in [-0.15, -0.1) is 0 Å². The molecule has 0 saturated heterocycles. The van der Waals surface area contributed by atoms with Crippen molar-refractivity contribution in [3.63, 3.8) is 0 Å². The zero-order valence-corrected chi connectivity index (χ0v) is 15.2. The number of carbonyl (C=O) groups excluding carboxylic acids is 1. The highest BCUT2D eigenvalue weighted by atomic mass is 16.5. The van der Waals surface area contributed by atoms with E-state index in [4.69, 9.17) is 4.74 Å². The third-order valence-corrected chi connectivity index (χ3v) is 3.83. The van der Waals surface area contributed by atoms with Crippen molar-refractivity contribution in [1.29, 1.82) is 0 Å². The van der Waals surface area contributed by atoms with Crippen LogP contribution in [0.1, 0.15) is 37.5 Å². The van der Waals surface area contributed by atoms with Crippen LogP contribution < -0.4 is 10.1 Å². The van der Waals surface area contributed by atoms with Crippen LogP contribution in [0.3, 0.4) is 0 Å². The average molecular weight is 325 g/mol. The van der Waals surface area contributed by atoms with Gasteiger partial charge in [-0.25, -0.2) is 0 Å². The Hall–Kier alpha value is -2.29. The van der Waals surface area contributed by atoms with E-state index in [-0.39, 0.29) is 11.4 Å². The number of aryl methyl sites for hydroxylation is 2. The van der Waals surface area contributed by atoms with Gasteiger partial charge in [-0.3, -0.25) is 4.79 Å². The molecule has 0 radical (unpaired) electrons. The molecule has 0 fully saturated rings. The number of benzene rings is 2. The second kappa shape index (κ2) is 7.52. The Morgan fingerprint density at radius 1 is 1.08 bits per heavy atom. The number of nitrogens with one attached hydrogen (secondary N) is 1. The first kappa shape index (κ1) is 18.1. The highest BCUT2D eigenvalue weighted by Gasteiger charge is 2.25. The zero-order valence-electron chi connectivity index (χ0n) is 15.2. The summed E-state index contributed by atoms with van der Waals surface area (Å²) in [7, 11) is 0. The molecule has 2 aromatic rings. The Labute approximate surface area is 145 Å². The molecular formula is C21H27NO2. The van der Waals surface area contributed by atoms with E-state index in [2.05, 4.69) is 23.5 Å². The molecule has 1 amide bonds. The number of carbonyl (C=O) groups is 1. The maximum absolute atomic E-state index is 12.5. The highest BCUT2D eigenvalue weighted by molar-refractivity contribution is 5.81. The molecule has 2 aromatic carbocycles. The van der Waals surface area contributed by atoms with Crippen molar-refractivity contribution in [2.24, 2.45) is 0 Å². The predicted molar refractivity (Wildman–Crippen MR) is 98.4 cm³/mol. The fourth-order valence-corrected chi connectivity index (χ4v) is 2.84. The van der Waals surface area contributed by atoms with Gasteiger partial charge in [0.1, 0.15) is 5.75 Å². The monoisotopic (exact) mass is 325 g/mol. The van der Waals surface area contributed by atoms with Crippen molar-refractivity contribution in [3.8, 4) is 5.75 Å². The lowest BCUT2D eigenvalue weighted by Gasteiger charge is -2.28. The van der Waals surface area contributed by atoms with Crippen LogP contribution in [0.15, 0.2) is 48.5 Å². The van der Waals surface area contributed by atoms with Crippen molar-refractivity contribution < 1.29 is 9.53 Å². The Morgan fingerprint density at radius 2 is 1.67 bits per heavy atom. The molecule has 3 heteroatoms. The first-order valence-corrected chi connectivity index (χ1v) is 8.36. The molecular weight excluding hydrogens is 298 g/mol. The van der Waals surface area contributed by atoms with Gasteiger partial charge >= 0.3 is 0 Å². The van der Waals surface area contributed by atoms with E-state index >= 15 is 0 Å². The summed E-state index contributed by atoms with van der Waals surface area (Å²) in [5.74, 6) is 0.631. The lowest BCUT2D eigenvalue weighted by molar-refractivity contribution is -0.128. The summed E-state index contributed by atoms with van der Waals surface area (Å²) < 4.78 is 5.82. The number of hydrogen-bond acceptors (Lipinski definition) is 2.